The van der Waals surface area contributed by atoms with Gasteiger partial charge < -0.3 is 10.1 Å². The van der Waals surface area contributed by atoms with Gasteiger partial charge in [0.25, 0.3) is 5.91 Å². The zero-order valence-electron chi connectivity index (χ0n) is 12.9. The van der Waals surface area contributed by atoms with Gasteiger partial charge in [0.1, 0.15) is 4.88 Å². The van der Waals surface area contributed by atoms with Gasteiger partial charge in [-0.1, -0.05) is 31.2 Å². The Kier molecular flexibility index (Phi) is 5.33. The van der Waals surface area contributed by atoms with E-state index in [9.17, 15) is 9.59 Å². The lowest BCUT2D eigenvalue weighted by atomic mass is 10.1. The number of nitrogens with one attached hydrogen (secondary N) is 1. The first-order valence-corrected chi connectivity index (χ1v) is 8.04. The summed E-state index contributed by atoms with van der Waals surface area (Å²) in [5, 5.41) is 4.66. The summed E-state index contributed by atoms with van der Waals surface area (Å²) >= 11 is 1.29. The fourth-order valence-corrected chi connectivity index (χ4v) is 2.70. The van der Waals surface area contributed by atoms with E-state index < -0.39 is 12.1 Å². The molecule has 0 spiro atoms. The number of carbonyl (C=O) groups is 2. The molecule has 116 valence electrons. The summed E-state index contributed by atoms with van der Waals surface area (Å²) in [6.07, 6.45) is -0.0281. The summed E-state index contributed by atoms with van der Waals surface area (Å²) < 4.78 is 5.20. The molecule has 1 N–H and O–H groups in total. The number of thiophene rings is 1. The third-order valence-electron chi connectivity index (χ3n) is 3.36. The van der Waals surface area contributed by atoms with Gasteiger partial charge in [0.15, 0.2) is 6.10 Å². The Balaban J connectivity index is 2.04. The van der Waals surface area contributed by atoms with Crippen molar-refractivity contribution in [1.29, 1.82) is 0 Å². The highest BCUT2D eigenvalue weighted by Gasteiger charge is 2.20. The van der Waals surface area contributed by atoms with Crippen molar-refractivity contribution in [1.82, 2.24) is 0 Å². The van der Waals surface area contributed by atoms with E-state index in [-0.39, 0.29) is 5.91 Å². The molecule has 1 amide bonds. The minimum Gasteiger partial charge on any atom is -0.448 e. The fourth-order valence-electron chi connectivity index (χ4n) is 2.09. The van der Waals surface area contributed by atoms with Crippen LogP contribution in [-0.4, -0.2) is 18.0 Å². The Morgan fingerprint density at radius 2 is 2.05 bits per heavy atom. The largest absolute Gasteiger partial charge is 0.448 e. The molecule has 0 aliphatic heterocycles. The number of anilines is 1. The first-order valence-electron chi connectivity index (χ1n) is 7.16. The topological polar surface area (TPSA) is 55.4 Å². The van der Waals surface area contributed by atoms with Crippen LogP contribution in [0.25, 0.3) is 0 Å². The standard InChI is InChI=1S/C17H19NO3S/c1-4-13-8-5-7-11(2)15(13)18-16(19)12(3)21-17(20)14-9-6-10-22-14/h5-10,12H,4H2,1-3H3,(H,18,19)/t12-/m0/s1. The first-order chi connectivity index (χ1) is 10.5. The summed E-state index contributed by atoms with van der Waals surface area (Å²) in [7, 11) is 0. The Bertz CT molecular complexity index is 665. The third-order valence-corrected chi connectivity index (χ3v) is 4.21. The maximum absolute atomic E-state index is 12.3. The number of benzene rings is 1. The minimum atomic E-state index is -0.848. The molecule has 1 aromatic carbocycles. The molecule has 0 aliphatic rings. The van der Waals surface area contributed by atoms with Crippen molar-refractivity contribution in [2.45, 2.75) is 33.3 Å². The molecule has 1 aromatic heterocycles. The average molecular weight is 317 g/mol. The average Bonchev–Trinajstić information content (AvgIpc) is 3.03. The molecule has 4 nitrogen and oxygen atoms in total. The molecule has 0 bridgehead atoms. The second kappa shape index (κ2) is 7.22. The monoisotopic (exact) mass is 317 g/mol. The van der Waals surface area contributed by atoms with Gasteiger partial charge in [-0.3, -0.25) is 4.79 Å². The Morgan fingerprint density at radius 1 is 1.27 bits per heavy atom. The highest BCUT2D eigenvalue weighted by Crippen LogP contribution is 2.21. The molecule has 2 rings (SSSR count). The molecular formula is C17H19NO3S. The van der Waals surface area contributed by atoms with Crippen LogP contribution in [0.4, 0.5) is 5.69 Å². The van der Waals surface area contributed by atoms with Gasteiger partial charge >= 0.3 is 5.97 Å². The number of carbonyl (C=O) groups excluding carboxylic acids is 2. The highest BCUT2D eigenvalue weighted by atomic mass is 32.1. The number of rotatable bonds is 5. The summed E-state index contributed by atoms with van der Waals surface area (Å²) in [6.45, 7) is 5.55. The van der Waals surface area contributed by atoms with Crippen LogP contribution >= 0.6 is 11.3 Å². The molecule has 5 heteroatoms. The van der Waals surface area contributed by atoms with Crippen LogP contribution < -0.4 is 5.32 Å². The van der Waals surface area contributed by atoms with E-state index in [1.165, 1.54) is 11.3 Å². The second-order valence-corrected chi connectivity index (χ2v) is 5.92. The van der Waals surface area contributed by atoms with Crippen molar-refractivity contribution in [2.24, 2.45) is 0 Å². The number of hydrogen-bond donors (Lipinski definition) is 1. The van der Waals surface area contributed by atoms with Gasteiger partial charge in [-0.15, -0.1) is 11.3 Å². The lowest BCUT2D eigenvalue weighted by Gasteiger charge is -2.16. The maximum atomic E-state index is 12.3. The van der Waals surface area contributed by atoms with E-state index in [1.54, 1.807) is 24.4 Å². The molecule has 22 heavy (non-hydrogen) atoms. The molecule has 0 unspecified atom stereocenters. The van der Waals surface area contributed by atoms with Crippen molar-refractivity contribution >= 4 is 28.9 Å². The van der Waals surface area contributed by atoms with Crippen molar-refractivity contribution in [3.8, 4) is 0 Å². The minimum absolute atomic E-state index is 0.325. The van der Waals surface area contributed by atoms with Gasteiger partial charge in [0.05, 0.1) is 0 Å². The predicted octanol–water partition coefficient (Wildman–Crippen LogP) is 3.80. The second-order valence-electron chi connectivity index (χ2n) is 4.98. The van der Waals surface area contributed by atoms with Crippen LogP contribution in [0.15, 0.2) is 35.7 Å². The number of hydrogen-bond acceptors (Lipinski definition) is 4. The van der Waals surface area contributed by atoms with E-state index >= 15 is 0 Å². The molecule has 0 saturated heterocycles. The predicted molar refractivity (Wildman–Crippen MR) is 88.4 cm³/mol. The van der Waals surface area contributed by atoms with Gasteiger partial charge in [-0.25, -0.2) is 4.79 Å². The van der Waals surface area contributed by atoms with Gasteiger partial charge in [0, 0.05) is 5.69 Å². The zero-order chi connectivity index (χ0) is 16.1. The van der Waals surface area contributed by atoms with E-state index in [1.807, 2.05) is 32.0 Å². The molecule has 0 aliphatic carbocycles. The van der Waals surface area contributed by atoms with E-state index in [0.717, 1.165) is 23.2 Å². The number of esters is 1. The van der Waals surface area contributed by atoms with Crippen molar-refractivity contribution in [3.63, 3.8) is 0 Å². The van der Waals surface area contributed by atoms with E-state index in [4.69, 9.17) is 4.74 Å². The third kappa shape index (κ3) is 3.74. The molecule has 0 radical (unpaired) electrons. The lowest BCUT2D eigenvalue weighted by molar-refractivity contribution is -0.123. The molecule has 1 atom stereocenters. The van der Waals surface area contributed by atoms with E-state index in [2.05, 4.69) is 5.32 Å². The van der Waals surface area contributed by atoms with Crippen LogP contribution in [0, 0.1) is 6.92 Å². The van der Waals surface area contributed by atoms with Crippen molar-refractivity contribution < 1.29 is 14.3 Å². The maximum Gasteiger partial charge on any atom is 0.349 e. The van der Waals surface area contributed by atoms with Crippen LogP contribution in [0.3, 0.4) is 0 Å². The molecule has 1 heterocycles. The summed E-state index contributed by atoms with van der Waals surface area (Å²) in [5.74, 6) is -0.799. The molecule has 0 saturated carbocycles. The van der Waals surface area contributed by atoms with E-state index in [0.29, 0.717) is 4.88 Å². The van der Waals surface area contributed by atoms with Gasteiger partial charge in [-0.05, 0) is 42.8 Å². The van der Waals surface area contributed by atoms with Crippen molar-refractivity contribution in [3.05, 3.63) is 51.7 Å². The first kappa shape index (κ1) is 16.2. The quantitative estimate of drug-likeness (QED) is 0.853. The van der Waals surface area contributed by atoms with Crippen LogP contribution in [-0.2, 0) is 16.0 Å². The Hall–Kier alpha value is -2.14. The number of aryl methyl sites for hydroxylation is 2. The van der Waals surface area contributed by atoms with Gasteiger partial charge in [-0.2, -0.15) is 0 Å². The smallest absolute Gasteiger partial charge is 0.349 e. The Labute approximate surface area is 134 Å². The number of para-hydroxylation sites is 1. The van der Waals surface area contributed by atoms with Crippen LogP contribution in [0.2, 0.25) is 0 Å². The molecular weight excluding hydrogens is 298 g/mol. The fraction of sp³-hybridized carbons (Fsp3) is 0.294. The van der Waals surface area contributed by atoms with Crippen molar-refractivity contribution in [2.75, 3.05) is 5.32 Å². The highest BCUT2D eigenvalue weighted by molar-refractivity contribution is 7.11. The normalized spacial score (nSPS) is 11.8. The summed E-state index contributed by atoms with van der Waals surface area (Å²) in [4.78, 5) is 24.6. The SMILES string of the molecule is CCc1cccc(C)c1NC(=O)[C@H](C)OC(=O)c1cccs1. The van der Waals surface area contributed by atoms with Crippen LogP contribution in [0.5, 0.6) is 0 Å². The zero-order valence-corrected chi connectivity index (χ0v) is 13.7. The summed E-state index contributed by atoms with van der Waals surface area (Å²) in [6, 6.07) is 9.33. The van der Waals surface area contributed by atoms with Crippen LogP contribution in [0.1, 0.15) is 34.6 Å². The van der Waals surface area contributed by atoms with Gasteiger partial charge in [0.2, 0.25) is 0 Å². The lowest BCUT2D eigenvalue weighted by Crippen LogP contribution is -2.30. The number of ether oxygens (including phenoxy) is 1. The molecule has 0 fully saturated rings. The summed E-state index contributed by atoms with van der Waals surface area (Å²) in [5.41, 5.74) is 2.85. The Morgan fingerprint density at radius 3 is 2.68 bits per heavy atom. The number of amides is 1. The molecule has 2 aromatic rings.